The number of nitrogens with one attached hydrogen (secondary N) is 3. The van der Waals surface area contributed by atoms with Gasteiger partial charge in [-0.1, -0.05) is 26.2 Å². The second kappa shape index (κ2) is 12.3. The molecule has 0 aliphatic rings. The lowest BCUT2D eigenvalue weighted by molar-refractivity contribution is 0.683. The molecule has 0 saturated carbocycles. The van der Waals surface area contributed by atoms with E-state index in [9.17, 15) is 0 Å². The summed E-state index contributed by atoms with van der Waals surface area (Å²) in [6, 6.07) is 0. The van der Waals surface area contributed by atoms with E-state index in [2.05, 4.69) is 52.8 Å². The number of hydrogen-bond donors (Lipinski definition) is 6. The van der Waals surface area contributed by atoms with Crippen LogP contribution < -0.4 is 33.2 Å². The van der Waals surface area contributed by atoms with Crippen molar-refractivity contribution in [2.24, 2.45) is 0 Å². The zero-order valence-electron chi connectivity index (χ0n) is 17.0. The molecule has 0 unspecified atom stereocenters. The molecule has 29 heavy (non-hydrogen) atoms. The van der Waals surface area contributed by atoms with E-state index in [1.807, 2.05) is 0 Å². The summed E-state index contributed by atoms with van der Waals surface area (Å²) in [5, 5.41) is 9.48. The minimum atomic E-state index is 0.107. The van der Waals surface area contributed by atoms with Crippen molar-refractivity contribution in [1.29, 1.82) is 0 Å². The summed E-state index contributed by atoms with van der Waals surface area (Å²) in [7, 11) is 0. The van der Waals surface area contributed by atoms with Crippen LogP contribution in [-0.2, 0) is 0 Å². The standard InChI is InChI=1S/C17H32N12/c1-2-3-4-6-9-22-16-27-14(20)28-17(29-16)23-11-8-5-7-10-21-15-25-12(18)24-13(19)26-15/h2-11H2,1H3,(H5,18,19,21,24,25,26)(H4,20,22,23,27,28,29). The van der Waals surface area contributed by atoms with Gasteiger partial charge in [0.05, 0.1) is 0 Å². The second-order valence-corrected chi connectivity index (χ2v) is 6.62. The van der Waals surface area contributed by atoms with E-state index in [1.54, 1.807) is 0 Å². The number of hydrogen-bond acceptors (Lipinski definition) is 12. The first kappa shape index (κ1) is 22.1. The van der Waals surface area contributed by atoms with Crippen LogP contribution in [0.1, 0.15) is 51.9 Å². The van der Waals surface area contributed by atoms with Crippen molar-refractivity contribution in [2.75, 3.05) is 52.8 Å². The van der Waals surface area contributed by atoms with E-state index < -0.39 is 0 Å². The van der Waals surface area contributed by atoms with Gasteiger partial charge >= 0.3 is 0 Å². The molecule has 0 atom stereocenters. The average molecular weight is 405 g/mol. The Balaban J connectivity index is 1.61. The molecule has 0 aliphatic heterocycles. The van der Waals surface area contributed by atoms with Crippen LogP contribution in [0.4, 0.5) is 35.7 Å². The Labute approximate surface area is 170 Å². The number of nitrogens with zero attached hydrogens (tertiary/aromatic N) is 6. The van der Waals surface area contributed by atoms with Gasteiger partial charge in [0, 0.05) is 19.6 Å². The highest BCUT2D eigenvalue weighted by molar-refractivity contribution is 5.39. The first-order chi connectivity index (χ1) is 14.1. The van der Waals surface area contributed by atoms with E-state index in [1.165, 1.54) is 19.3 Å². The van der Waals surface area contributed by atoms with Gasteiger partial charge in [-0.05, 0) is 25.7 Å². The Morgan fingerprint density at radius 3 is 1.34 bits per heavy atom. The van der Waals surface area contributed by atoms with Gasteiger partial charge < -0.3 is 33.2 Å². The molecule has 2 heterocycles. The third-order valence-electron chi connectivity index (χ3n) is 4.06. The van der Waals surface area contributed by atoms with Gasteiger partial charge in [-0.15, -0.1) is 0 Å². The summed E-state index contributed by atoms with van der Waals surface area (Å²) in [5.74, 6) is 1.81. The smallest absolute Gasteiger partial charge is 0.229 e. The molecule has 9 N–H and O–H groups in total. The normalized spacial score (nSPS) is 10.7. The quantitative estimate of drug-likeness (QED) is 0.249. The SMILES string of the molecule is CCCCCCNc1nc(N)nc(NCCCCCNc2nc(N)nc(N)n2)n1. The maximum Gasteiger partial charge on any atom is 0.229 e. The average Bonchev–Trinajstić information content (AvgIpc) is 2.66. The van der Waals surface area contributed by atoms with Crippen LogP contribution in [0.25, 0.3) is 0 Å². The number of nitrogen functional groups attached to an aromatic ring is 3. The molecule has 12 nitrogen and oxygen atoms in total. The Hall–Kier alpha value is -3.18. The number of nitrogens with two attached hydrogens (primary N) is 3. The molecule has 0 amide bonds. The second-order valence-electron chi connectivity index (χ2n) is 6.62. The molecule has 160 valence electrons. The van der Waals surface area contributed by atoms with Crippen molar-refractivity contribution in [3.63, 3.8) is 0 Å². The topological polar surface area (TPSA) is 191 Å². The van der Waals surface area contributed by atoms with Crippen molar-refractivity contribution < 1.29 is 0 Å². The lowest BCUT2D eigenvalue weighted by Crippen LogP contribution is -2.13. The van der Waals surface area contributed by atoms with Crippen LogP contribution >= 0.6 is 0 Å². The maximum absolute atomic E-state index is 5.77. The van der Waals surface area contributed by atoms with Gasteiger partial charge in [0.15, 0.2) is 0 Å². The molecule has 0 fully saturated rings. The lowest BCUT2D eigenvalue weighted by atomic mass is 10.2. The Morgan fingerprint density at radius 1 is 0.517 bits per heavy atom. The Bertz CT molecular complexity index is 718. The van der Waals surface area contributed by atoms with E-state index in [0.29, 0.717) is 24.4 Å². The number of unbranched alkanes of at least 4 members (excludes halogenated alkanes) is 5. The van der Waals surface area contributed by atoms with E-state index >= 15 is 0 Å². The van der Waals surface area contributed by atoms with E-state index in [0.717, 1.165) is 38.8 Å². The summed E-state index contributed by atoms with van der Waals surface area (Å²) >= 11 is 0. The molecule has 0 aromatic carbocycles. The van der Waals surface area contributed by atoms with Crippen molar-refractivity contribution in [2.45, 2.75) is 51.9 Å². The first-order valence-corrected chi connectivity index (χ1v) is 10.1. The fourth-order valence-corrected chi connectivity index (χ4v) is 2.62. The first-order valence-electron chi connectivity index (χ1n) is 10.1. The van der Waals surface area contributed by atoms with Gasteiger partial charge in [0.25, 0.3) is 0 Å². The van der Waals surface area contributed by atoms with Gasteiger partial charge in [-0.25, -0.2) is 0 Å². The largest absolute Gasteiger partial charge is 0.368 e. The highest BCUT2D eigenvalue weighted by atomic mass is 15.2. The predicted molar refractivity (Wildman–Crippen MR) is 116 cm³/mol. The fraction of sp³-hybridized carbons (Fsp3) is 0.647. The number of anilines is 6. The van der Waals surface area contributed by atoms with Gasteiger partial charge in [0.2, 0.25) is 35.7 Å². The molecule has 2 aromatic heterocycles. The molecule has 12 heteroatoms. The molecule has 0 radical (unpaired) electrons. The third kappa shape index (κ3) is 9.04. The molecular weight excluding hydrogens is 372 g/mol. The minimum absolute atomic E-state index is 0.107. The molecule has 0 aliphatic carbocycles. The van der Waals surface area contributed by atoms with E-state index in [-0.39, 0.29) is 17.8 Å². The molecular formula is C17H32N12. The van der Waals surface area contributed by atoms with Crippen LogP contribution in [0, 0.1) is 0 Å². The summed E-state index contributed by atoms with van der Waals surface area (Å²) in [4.78, 5) is 24.3. The molecule has 0 saturated heterocycles. The zero-order chi connectivity index (χ0) is 20.9. The van der Waals surface area contributed by atoms with Crippen molar-refractivity contribution in [3.05, 3.63) is 0 Å². The van der Waals surface area contributed by atoms with Crippen LogP contribution in [0.3, 0.4) is 0 Å². The van der Waals surface area contributed by atoms with Crippen molar-refractivity contribution >= 4 is 35.7 Å². The zero-order valence-corrected chi connectivity index (χ0v) is 17.0. The Morgan fingerprint density at radius 2 is 0.897 bits per heavy atom. The fourth-order valence-electron chi connectivity index (χ4n) is 2.62. The van der Waals surface area contributed by atoms with Crippen LogP contribution in [0.15, 0.2) is 0 Å². The summed E-state index contributed by atoms with van der Waals surface area (Å²) in [6.07, 6.45) is 7.62. The third-order valence-corrected chi connectivity index (χ3v) is 4.06. The van der Waals surface area contributed by atoms with Gasteiger partial charge in [0.1, 0.15) is 0 Å². The van der Waals surface area contributed by atoms with E-state index in [4.69, 9.17) is 17.2 Å². The molecule has 0 bridgehead atoms. The lowest BCUT2D eigenvalue weighted by Gasteiger charge is -2.09. The maximum atomic E-state index is 5.77. The van der Waals surface area contributed by atoms with Crippen molar-refractivity contribution in [1.82, 2.24) is 29.9 Å². The predicted octanol–water partition coefficient (Wildman–Crippen LogP) is 1.49. The Kier molecular flexibility index (Phi) is 9.39. The van der Waals surface area contributed by atoms with Crippen LogP contribution in [-0.4, -0.2) is 49.5 Å². The molecule has 2 rings (SSSR count). The molecule has 0 spiro atoms. The van der Waals surface area contributed by atoms with Crippen LogP contribution in [0.5, 0.6) is 0 Å². The van der Waals surface area contributed by atoms with Crippen molar-refractivity contribution in [3.8, 4) is 0 Å². The molecule has 2 aromatic rings. The monoisotopic (exact) mass is 404 g/mol. The highest BCUT2D eigenvalue weighted by Gasteiger charge is 2.04. The minimum Gasteiger partial charge on any atom is -0.368 e. The van der Waals surface area contributed by atoms with Gasteiger partial charge in [-0.2, -0.15) is 29.9 Å². The highest BCUT2D eigenvalue weighted by Crippen LogP contribution is 2.09. The summed E-state index contributed by atoms with van der Waals surface area (Å²) < 4.78 is 0. The number of rotatable bonds is 14. The summed E-state index contributed by atoms with van der Waals surface area (Å²) in [6.45, 7) is 4.48. The van der Waals surface area contributed by atoms with Gasteiger partial charge in [-0.3, -0.25) is 0 Å². The van der Waals surface area contributed by atoms with Crippen LogP contribution in [0.2, 0.25) is 0 Å². The summed E-state index contributed by atoms with van der Waals surface area (Å²) in [5.41, 5.74) is 16.8. The number of aromatic nitrogens is 6.